The fourth-order valence-electron chi connectivity index (χ4n) is 2.16. The van der Waals surface area contributed by atoms with Crippen molar-refractivity contribution in [3.8, 4) is 5.75 Å². The van der Waals surface area contributed by atoms with E-state index in [0.29, 0.717) is 26.9 Å². The van der Waals surface area contributed by atoms with Crippen LogP contribution in [0.5, 0.6) is 5.75 Å². The maximum absolute atomic E-state index is 11.9. The first-order valence-corrected chi connectivity index (χ1v) is 8.73. The van der Waals surface area contributed by atoms with Crippen LogP contribution in [0, 0.1) is 0 Å². The number of benzene rings is 2. The molecule has 0 atom stereocenters. The van der Waals surface area contributed by atoms with Gasteiger partial charge < -0.3 is 10.1 Å². The monoisotopic (exact) mass is 388 g/mol. The van der Waals surface area contributed by atoms with Gasteiger partial charge in [-0.25, -0.2) is 0 Å². The van der Waals surface area contributed by atoms with Crippen molar-refractivity contribution < 1.29 is 19.1 Å². The molecule has 1 aliphatic heterocycles. The molecule has 26 heavy (non-hydrogen) atoms. The zero-order valence-electron chi connectivity index (χ0n) is 13.3. The van der Waals surface area contributed by atoms with Crippen LogP contribution in [0.3, 0.4) is 0 Å². The summed E-state index contributed by atoms with van der Waals surface area (Å²) in [6.07, 6.45) is 1.56. The summed E-state index contributed by atoms with van der Waals surface area (Å²) in [5, 5.41) is 4.77. The molecule has 1 saturated heterocycles. The second-order valence-corrected chi connectivity index (χ2v) is 6.67. The number of amides is 3. The van der Waals surface area contributed by atoms with Crippen molar-refractivity contribution in [3.05, 3.63) is 64.0 Å². The van der Waals surface area contributed by atoms with E-state index in [-0.39, 0.29) is 12.5 Å². The number of rotatable bonds is 5. The van der Waals surface area contributed by atoms with Gasteiger partial charge in [-0.3, -0.25) is 19.7 Å². The van der Waals surface area contributed by atoms with Gasteiger partial charge in [0.05, 0.1) is 9.93 Å². The first-order valence-electron chi connectivity index (χ1n) is 7.53. The number of hydrogen-bond acceptors (Lipinski definition) is 5. The van der Waals surface area contributed by atoms with Gasteiger partial charge >= 0.3 is 0 Å². The number of halogens is 1. The van der Waals surface area contributed by atoms with Crippen molar-refractivity contribution in [1.29, 1.82) is 0 Å². The Morgan fingerprint density at radius 3 is 2.62 bits per heavy atom. The van der Waals surface area contributed by atoms with E-state index in [2.05, 4.69) is 10.6 Å². The van der Waals surface area contributed by atoms with Gasteiger partial charge in [0.1, 0.15) is 5.75 Å². The minimum absolute atomic E-state index is 0.193. The van der Waals surface area contributed by atoms with E-state index in [1.165, 1.54) is 0 Å². The number of thioether (sulfide) groups is 1. The molecule has 0 bridgehead atoms. The van der Waals surface area contributed by atoms with Gasteiger partial charge in [0.2, 0.25) is 0 Å². The van der Waals surface area contributed by atoms with E-state index < -0.39 is 11.1 Å². The third kappa shape index (κ3) is 4.65. The topological polar surface area (TPSA) is 84.5 Å². The van der Waals surface area contributed by atoms with Gasteiger partial charge in [0.15, 0.2) is 6.61 Å². The second kappa shape index (κ2) is 8.07. The molecule has 1 fully saturated rings. The molecular weight excluding hydrogens is 376 g/mol. The fourth-order valence-corrected chi connectivity index (χ4v) is 3.08. The quantitative estimate of drug-likeness (QED) is 0.763. The molecule has 0 aliphatic carbocycles. The Bertz CT molecular complexity index is 899. The molecule has 0 aromatic heterocycles. The van der Waals surface area contributed by atoms with Gasteiger partial charge in [-0.05, 0) is 47.7 Å². The number of ether oxygens (including phenoxy) is 1. The van der Waals surface area contributed by atoms with Crippen LogP contribution in [0.15, 0.2) is 53.4 Å². The van der Waals surface area contributed by atoms with Gasteiger partial charge in [-0.15, -0.1) is 0 Å². The summed E-state index contributed by atoms with van der Waals surface area (Å²) in [6.45, 7) is -0.193. The van der Waals surface area contributed by atoms with Crippen molar-refractivity contribution in [1.82, 2.24) is 5.32 Å². The van der Waals surface area contributed by atoms with Crippen LogP contribution in [0.1, 0.15) is 5.56 Å². The average Bonchev–Trinajstić information content (AvgIpc) is 2.92. The fraction of sp³-hybridized carbons (Fsp3) is 0.0556. The van der Waals surface area contributed by atoms with Gasteiger partial charge in [0.25, 0.3) is 17.1 Å². The van der Waals surface area contributed by atoms with Crippen LogP contribution in [0.2, 0.25) is 5.02 Å². The Morgan fingerprint density at radius 1 is 1.19 bits per heavy atom. The Hall–Kier alpha value is -2.77. The van der Waals surface area contributed by atoms with Crippen LogP contribution in [-0.2, 0) is 9.59 Å². The van der Waals surface area contributed by atoms with E-state index in [4.69, 9.17) is 16.3 Å². The molecule has 0 unspecified atom stereocenters. The lowest BCUT2D eigenvalue weighted by atomic mass is 10.2. The van der Waals surface area contributed by atoms with Crippen LogP contribution in [0.4, 0.5) is 10.5 Å². The third-order valence-electron chi connectivity index (χ3n) is 3.31. The molecule has 132 valence electrons. The normalized spacial score (nSPS) is 15.0. The Morgan fingerprint density at radius 2 is 1.96 bits per heavy atom. The Kier molecular flexibility index (Phi) is 5.60. The maximum atomic E-state index is 11.9. The number of nitrogens with one attached hydrogen (secondary N) is 2. The molecule has 0 radical (unpaired) electrons. The summed E-state index contributed by atoms with van der Waals surface area (Å²) in [4.78, 5) is 34.9. The van der Waals surface area contributed by atoms with E-state index in [9.17, 15) is 14.4 Å². The lowest BCUT2D eigenvalue weighted by Gasteiger charge is -2.09. The van der Waals surface area contributed by atoms with Crippen molar-refractivity contribution in [2.75, 3.05) is 11.9 Å². The van der Waals surface area contributed by atoms with Crippen molar-refractivity contribution >= 4 is 52.2 Å². The zero-order chi connectivity index (χ0) is 18.5. The van der Waals surface area contributed by atoms with Gasteiger partial charge in [-0.1, -0.05) is 35.9 Å². The lowest BCUT2D eigenvalue weighted by Crippen LogP contribution is -2.20. The first-order chi connectivity index (χ1) is 12.5. The SMILES string of the molecule is O=C(COc1ccc(/C=C2\SC(=O)NC2=O)cc1Cl)Nc1ccccc1. The largest absolute Gasteiger partial charge is 0.482 e. The molecule has 1 aliphatic rings. The van der Waals surface area contributed by atoms with Crippen LogP contribution in [0.25, 0.3) is 6.08 Å². The zero-order valence-corrected chi connectivity index (χ0v) is 14.9. The summed E-state index contributed by atoms with van der Waals surface area (Å²) in [5.74, 6) is -0.401. The second-order valence-electron chi connectivity index (χ2n) is 5.24. The molecule has 8 heteroatoms. The molecule has 6 nitrogen and oxygen atoms in total. The Labute approximate surface area is 158 Å². The molecule has 2 aromatic rings. The predicted octanol–water partition coefficient (Wildman–Crippen LogP) is 3.68. The van der Waals surface area contributed by atoms with E-state index in [1.807, 2.05) is 18.2 Å². The first kappa shape index (κ1) is 18.0. The highest BCUT2D eigenvalue weighted by Crippen LogP contribution is 2.29. The number of hydrogen-bond donors (Lipinski definition) is 2. The molecule has 3 amide bonds. The number of anilines is 1. The Balaban J connectivity index is 1.61. The highest BCUT2D eigenvalue weighted by molar-refractivity contribution is 8.18. The molecule has 0 spiro atoms. The van der Waals surface area contributed by atoms with Crippen molar-refractivity contribution in [2.24, 2.45) is 0 Å². The number of para-hydroxylation sites is 1. The highest BCUT2D eigenvalue weighted by atomic mass is 35.5. The minimum Gasteiger partial charge on any atom is -0.482 e. The average molecular weight is 389 g/mol. The standard InChI is InChI=1S/C18H13ClN2O4S/c19-13-8-11(9-15-17(23)21-18(24)26-15)6-7-14(13)25-10-16(22)20-12-4-2-1-3-5-12/h1-9H,10H2,(H,20,22)(H,21,23,24)/b15-9-. The van der Waals surface area contributed by atoms with Crippen LogP contribution in [-0.4, -0.2) is 23.7 Å². The van der Waals surface area contributed by atoms with Gasteiger partial charge in [-0.2, -0.15) is 0 Å². The summed E-state index contributed by atoms with van der Waals surface area (Å²) in [6, 6.07) is 13.9. The minimum atomic E-state index is -0.436. The molecule has 2 aromatic carbocycles. The van der Waals surface area contributed by atoms with E-state index >= 15 is 0 Å². The van der Waals surface area contributed by atoms with E-state index in [0.717, 1.165) is 11.8 Å². The lowest BCUT2D eigenvalue weighted by molar-refractivity contribution is -0.118. The number of carbonyl (C=O) groups excluding carboxylic acids is 3. The molecule has 1 heterocycles. The van der Waals surface area contributed by atoms with Crippen LogP contribution < -0.4 is 15.4 Å². The summed E-state index contributed by atoms with van der Waals surface area (Å²) in [5.41, 5.74) is 1.32. The van der Waals surface area contributed by atoms with Gasteiger partial charge in [0, 0.05) is 5.69 Å². The van der Waals surface area contributed by atoms with Crippen molar-refractivity contribution in [3.63, 3.8) is 0 Å². The number of imide groups is 1. The highest BCUT2D eigenvalue weighted by Gasteiger charge is 2.25. The summed E-state index contributed by atoms with van der Waals surface area (Å²) >= 11 is 6.99. The molecule has 2 N–H and O–H groups in total. The molecule has 3 rings (SSSR count). The van der Waals surface area contributed by atoms with Crippen molar-refractivity contribution in [2.45, 2.75) is 0 Å². The smallest absolute Gasteiger partial charge is 0.290 e. The van der Waals surface area contributed by atoms with Crippen LogP contribution >= 0.6 is 23.4 Å². The molecule has 0 saturated carbocycles. The van der Waals surface area contributed by atoms with E-state index in [1.54, 1.807) is 36.4 Å². The molecular formula is C18H13ClN2O4S. The number of carbonyl (C=O) groups is 3. The summed E-state index contributed by atoms with van der Waals surface area (Å²) in [7, 11) is 0. The maximum Gasteiger partial charge on any atom is 0.290 e. The predicted molar refractivity (Wildman–Crippen MR) is 101 cm³/mol. The third-order valence-corrected chi connectivity index (χ3v) is 4.42. The summed E-state index contributed by atoms with van der Waals surface area (Å²) < 4.78 is 5.43.